The van der Waals surface area contributed by atoms with E-state index in [1.807, 2.05) is 4.90 Å². The predicted octanol–water partition coefficient (Wildman–Crippen LogP) is 4.00. The third kappa shape index (κ3) is 4.10. The molecule has 0 aromatic rings. The van der Waals surface area contributed by atoms with Crippen molar-refractivity contribution in [3.8, 4) is 6.07 Å². The molecule has 2 fully saturated rings. The van der Waals surface area contributed by atoms with Crippen molar-refractivity contribution < 1.29 is 9.59 Å². The SMILES string of the molecule is N#CC(C(=O)N(C1CCCCC1)C1CCCCC1)=C1C=CC(=O)C=C1. The quantitative estimate of drug-likeness (QED) is 0.577. The second-order valence-corrected chi connectivity index (χ2v) is 7.31. The lowest BCUT2D eigenvalue weighted by Gasteiger charge is -2.41. The smallest absolute Gasteiger partial charge is 0.265 e. The first kappa shape index (κ1) is 17.7. The summed E-state index contributed by atoms with van der Waals surface area (Å²) in [6.07, 6.45) is 17.3. The Kier molecular flexibility index (Phi) is 5.86. The van der Waals surface area contributed by atoms with Crippen molar-refractivity contribution in [1.29, 1.82) is 5.26 Å². The minimum atomic E-state index is -0.139. The molecule has 0 aromatic heterocycles. The molecule has 3 aliphatic carbocycles. The number of hydrogen-bond donors (Lipinski definition) is 0. The van der Waals surface area contributed by atoms with E-state index in [1.165, 1.54) is 25.0 Å². The molecule has 0 N–H and O–H groups in total. The fraction of sp³-hybridized carbons (Fsp3) is 0.571. The number of rotatable bonds is 3. The highest BCUT2D eigenvalue weighted by molar-refractivity contribution is 6.04. The van der Waals surface area contributed by atoms with Crippen molar-refractivity contribution in [3.63, 3.8) is 0 Å². The molecule has 0 bridgehead atoms. The molecule has 0 aliphatic heterocycles. The number of hydrogen-bond acceptors (Lipinski definition) is 3. The molecule has 0 aromatic carbocycles. The van der Waals surface area contributed by atoms with Gasteiger partial charge in [0.25, 0.3) is 5.91 Å². The van der Waals surface area contributed by atoms with Crippen LogP contribution in [0.15, 0.2) is 35.5 Å². The van der Waals surface area contributed by atoms with E-state index in [1.54, 1.807) is 12.2 Å². The molecule has 0 spiro atoms. The Labute approximate surface area is 149 Å². The van der Waals surface area contributed by atoms with Gasteiger partial charge in [0.15, 0.2) is 5.78 Å². The monoisotopic (exact) mass is 338 g/mol. The molecule has 0 heterocycles. The van der Waals surface area contributed by atoms with Gasteiger partial charge in [-0.15, -0.1) is 0 Å². The van der Waals surface area contributed by atoms with Crippen LogP contribution >= 0.6 is 0 Å². The molecule has 2 saturated carbocycles. The van der Waals surface area contributed by atoms with Crippen LogP contribution in [0.5, 0.6) is 0 Å². The van der Waals surface area contributed by atoms with Crippen LogP contribution in [0.1, 0.15) is 64.2 Å². The van der Waals surface area contributed by atoms with Crippen LogP contribution in [0, 0.1) is 11.3 Å². The van der Waals surface area contributed by atoms with Gasteiger partial charge in [0.1, 0.15) is 11.6 Å². The average molecular weight is 338 g/mol. The molecule has 4 heteroatoms. The lowest BCUT2D eigenvalue weighted by Crippen LogP contribution is -2.49. The van der Waals surface area contributed by atoms with E-state index in [-0.39, 0.29) is 29.3 Å². The zero-order valence-corrected chi connectivity index (χ0v) is 14.7. The Balaban J connectivity index is 1.90. The molecular weight excluding hydrogens is 312 g/mol. The van der Waals surface area contributed by atoms with E-state index >= 15 is 0 Å². The third-order valence-electron chi connectivity index (χ3n) is 5.64. The number of amides is 1. The van der Waals surface area contributed by atoms with Gasteiger partial charge in [-0.1, -0.05) is 38.5 Å². The van der Waals surface area contributed by atoms with Crippen molar-refractivity contribution in [3.05, 3.63) is 35.5 Å². The normalized spacial score (nSPS) is 21.9. The van der Waals surface area contributed by atoms with E-state index in [0.29, 0.717) is 5.57 Å². The maximum atomic E-state index is 13.3. The molecule has 0 atom stereocenters. The zero-order chi connectivity index (χ0) is 17.6. The second-order valence-electron chi connectivity index (χ2n) is 7.31. The lowest BCUT2D eigenvalue weighted by molar-refractivity contribution is -0.133. The van der Waals surface area contributed by atoms with Crippen molar-refractivity contribution in [2.24, 2.45) is 0 Å². The van der Waals surface area contributed by atoms with Crippen LogP contribution in [-0.4, -0.2) is 28.7 Å². The third-order valence-corrected chi connectivity index (χ3v) is 5.64. The largest absolute Gasteiger partial charge is 0.332 e. The number of nitriles is 1. The number of carbonyl (C=O) groups excluding carboxylic acids is 2. The minimum Gasteiger partial charge on any atom is -0.332 e. The van der Waals surface area contributed by atoms with Crippen LogP contribution in [0.3, 0.4) is 0 Å². The van der Waals surface area contributed by atoms with E-state index < -0.39 is 0 Å². The van der Waals surface area contributed by atoms with Gasteiger partial charge in [-0.3, -0.25) is 9.59 Å². The summed E-state index contributed by atoms with van der Waals surface area (Å²) in [5, 5.41) is 9.65. The minimum absolute atomic E-state index is 0.107. The topological polar surface area (TPSA) is 61.2 Å². The van der Waals surface area contributed by atoms with E-state index in [0.717, 1.165) is 51.4 Å². The molecule has 0 saturated heterocycles. The van der Waals surface area contributed by atoms with E-state index in [4.69, 9.17) is 0 Å². The van der Waals surface area contributed by atoms with Crippen molar-refractivity contribution >= 4 is 11.7 Å². The van der Waals surface area contributed by atoms with Crippen LogP contribution in [0.4, 0.5) is 0 Å². The maximum Gasteiger partial charge on any atom is 0.265 e. The summed E-state index contributed by atoms with van der Waals surface area (Å²) in [6, 6.07) is 2.63. The van der Waals surface area contributed by atoms with Gasteiger partial charge >= 0.3 is 0 Å². The Bertz CT molecular complexity index is 618. The fourth-order valence-electron chi connectivity index (χ4n) is 4.33. The van der Waals surface area contributed by atoms with Crippen LogP contribution in [0.25, 0.3) is 0 Å². The Morgan fingerprint density at radius 2 is 1.36 bits per heavy atom. The molecule has 4 nitrogen and oxygen atoms in total. The van der Waals surface area contributed by atoms with E-state index in [2.05, 4.69) is 6.07 Å². The van der Waals surface area contributed by atoms with Gasteiger partial charge < -0.3 is 4.90 Å². The molecule has 1 amide bonds. The molecule has 3 aliphatic rings. The Morgan fingerprint density at radius 1 is 0.880 bits per heavy atom. The van der Waals surface area contributed by atoms with Crippen LogP contribution < -0.4 is 0 Å². The number of carbonyl (C=O) groups is 2. The Morgan fingerprint density at radius 3 is 1.80 bits per heavy atom. The second kappa shape index (κ2) is 8.29. The predicted molar refractivity (Wildman–Crippen MR) is 96.5 cm³/mol. The van der Waals surface area contributed by atoms with Crippen LogP contribution in [-0.2, 0) is 9.59 Å². The number of nitrogens with zero attached hydrogens (tertiary/aromatic N) is 2. The highest BCUT2D eigenvalue weighted by Gasteiger charge is 2.34. The first-order chi connectivity index (χ1) is 12.2. The summed E-state index contributed by atoms with van der Waals surface area (Å²) < 4.78 is 0. The standard InChI is InChI=1S/C21H26N2O2/c22-15-20(16-11-13-19(24)14-12-16)21(25)23(17-7-3-1-4-8-17)18-9-5-2-6-10-18/h11-14,17-18H,1-10H2. The highest BCUT2D eigenvalue weighted by atomic mass is 16.2. The molecule has 0 radical (unpaired) electrons. The maximum absolute atomic E-state index is 13.3. The van der Waals surface area contributed by atoms with Gasteiger partial charge in [-0.2, -0.15) is 5.26 Å². The van der Waals surface area contributed by atoms with Gasteiger partial charge in [-0.05, 0) is 55.6 Å². The Hall–Kier alpha value is -2.15. The first-order valence-corrected chi connectivity index (χ1v) is 9.58. The van der Waals surface area contributed by atoms with Gasteiger partial charge in [0.05, 0.1) is 0 Å². The van der Waals surface area contributed by atoms with Gasteiger partial charge in [-0.25, -0.2) is 0 Å². The van der Waals surface area contributed by atoms with Crippen molar-refractivity contribution in [2.75, 3.05) is 0 Å². The summed E-state index contributed by atoms with van der Waals surface area (Å²) in [5.74, 6) is -0.246. The summed E-state index contributed by atoms with van der Waals surface area (Å²) in [4.78, 5) is 26.7. The molecule has 3 rings (SSSR count). The summed E-state index contributed by atoms with van der Waals surface area (Å²) in [7, 11) is 0. The summed E-state index contributed by atoms with van der Waals surface area (Å²) in [6.45, 7) is 0. The van der Waals surface area contributed by atoms with Crippen molar-refractivity contribution in [1.82, 2.24) is 4.90 Å². The first-order valence-electron chi connectivity index (χ1n) is 9.58. The van der Waals surface area contributed by atoms with Gasteiger partial charge in [0, 0.05) is 12.1 Å². The molecule has 132 valence electrons. The molecule has 25 heavy (non-hydrogen) atoms. The molecule has 0 unspecified atom stereocenters. The average Bonchev–Trinajstić information content (AvgIpc) is 2.66. The number of allylic oxidation sites excluding steroid dienone is 5. The lowest BCUT2D eigenvalue weighted by atomic mass is 9.87. The summed E-state index contributed by atoms with van der Waals surface area (Å²) in [5.41, 5.74) is 0.736. The van der Waals surface area contributed by atoms with Crippen molar-refractivity contribution in [2.45, 2.75) is 76.3 Å². The highest BCUT2D eigenvalue weighted by Crippen LogP contribution is 2.32. The summed E-state index contributed by atoms with van der Waals surface area (Å²) >= 11 is 0. The molecular formula is C21H26N2O2. The fourth-order valence-corrected chi connectivity index (χ4v) is 4.33. The zero-order valence-electron chi connectivity index (χ0n) is 14.7. The van der Waals surface area contributed by atoms with Gasteiger partial charge in [0.2, 0.25) is 0 Å². The van der Waals surface area contributed by atoms with Crippen LogP contribution in [0.2, 0.25) is 0 Å². The van der Waals surface area contributed by atoms with E-state index in [9.17, 15) is 14.9 Å². The number of ketones is 1.